The summed E-state index contributed by atoms with van der Waals surface area (Å²) < 4.78 is 18.4. The van der Waals surface area contributed by atoms with Gasteiger partial charge in [-0.1, -0.05) is 0 Å². The molecule has 0 radical (unpaired) electrons. The molecule has 0 saturated heterocycles. The highest BCUT2D eigenvalue weighted by molar-refractivity contribution is 5.79. The number of guanidine groups is 1. The lowest BCUT2D eigenvalue weighted by Gasteiger charge is -2.16. The van der Waals surface area contributed by atoms with Crippen LogP contribution in [0.25, 0.3) is 0 Å². The number of benzene rings is 1. The minimum Gasteiger partial charge on any atom is -0.493 e. The van der Waals surface area contributed by atoms with Crippen molar-refractivity contribution in [2.24, 2.45) is 4.99 Å². The van der Waals surface area contributed by atoms with Crippen LogP contribution in [0.4, 0.5) is 0 Å². The predicted molar refractivity (Wildman–Crippen MR) is 115 cm³/mol. The molecule has 1 heterocycles. The Kier molecular flexibility index (Phi) is 8.64. The number of hydrogen-bond acceptors (Lipinski definition) is 5. The van der Waals surface area contributed by atoms with Gasteiger partial charge in [0.25, 0.3) is 0 Å². The second kappa shape index (κ2) is 11.2. The second-order valence-corrected chi connectivity index (χ2v) is 6.62. The van der Waals surface area contributed by atoms with Crippen molar-refractivity contribution in [2.45, 2.75) is 40.3 Å². The molecule has 160 valence electrons. The van der Waals surface area contributed by atoms with E-state index in [1.54, 1.807) is 21.3 Å². The summed E-state index contributed by atoms with van der Waals surface area (Å²) in [5.74, 6) is 2.60. The molecule has 0 fully saturated rings. The molecular weight excluding hydrogens is 370 g/mol. The Hall–Kier alpha value is -2.90. The summed E-state index contributed by atoms with van der Waals surface area (Å²) >= 11 is 0. The average Bonchev–Trinajstić information content (AvgIpc) is 3.05. The van der Waals surface area contributed by atoms with Gasteiger partial charge in [-0.2, -0.15) is 5.10 Å². The molecule has 0 spiro atoms. The van der Waals surface area contributed by atoms with Gasteiger partial charge in [0.1, 0.15) is 0 Å². The highest BCUT2D eigenvalue weighted by Crippen LogP contribution is 2.39. The first-order chi connectivity index (χ1) is 14.0. The van der Waals surface area contributed by atoms with Crippen molar-refractivity contribution >= 4 is 5.96 Å². The van der Waals surface area contributed by atoms with E-state index in [2.05, 4.69) is 33.7 Å². The van der Waals surface area contributed by atoms with Crippen LogP contribution in [-0.2, 0) is 13.1 Å². The molecule has 8 nitrogen and oxygen atoms in total. The Balaban J connectivity index is 2.00. The number of rotatable bonds is 10. The van der Waals surface area contributed by atoms with E-state index in [1.807, 2.05) is 30.7 Å². The summed E-state index contributed by atoms with van der Waals surface area (Å²) in [6, 6.07) is 5.90. The number of methoxy groups -OCH3 is 3. The molecule has 1 aromatic carbocycles. The number of hydrogen-bond donors (Lipinski definition) is 2. The first-order valence-electron chi connectivity index (χ1n) is 9.85. The van der Waals surface area contributed by atoms with Crippen molar-refractivity contribution in [3.8, 4) is 17.2 Å². The van der Waals surface area contributed by atoms with Crippen LogP contribution in [0.15, 0.2) is 23.2 Å². The van der Waals surface area contributed by atoms with Gasteiger partial charge in [0.15, 0.2) is 17.5 Å². The van der Waals surface area contributed by atoms with Crippen LogP contribution in [0.2, 0.25) is 0 Å². The maximum Gasteiger partial charge on any atom is 0.203 e. The van der Waals surface area contributed by atoms with Crippen LogP contribution in [-0.4, -0.2) is 50.2 Å². The average molecular weight is 404 g/mol. The number of aliphatic imine (C=N–C) groups is 1. The van der Waals surface area contributed by atoms with Crippen molar-refractivity contribution in [2.75, 3.05) is 34.4 Å². The minimum absolute atomic E-state index is 0.455. The Bertz CT molecular complexity index is 817. The van der Waals surface area contributed by atoms with Crippen molar-refractivity contribution in [3.63, 3.8) is 0 Å². The van der Waals surface area contributed by atoms with Gasteiger partial charge in [0, 0.05) is 30.9 Å². The van der Waals surface area contributed by atoms with E-state index in [1.165, 1.54) is 5.69 Å². The first kappa shape index (κ1) is 22.4. The summed E-state index contributed by atoms with van der Waals surface area (Å²) in [5.41, 5.74) is 3.16. The summed E-state index contributed by atoms with van der Waals surface area (Å²) in [6.45, 7) is 9.05. The van der Waals surface area contributed by atoms with Crippen LogP contribution in [0.5, 0.6) is 17.2 Å². The van der Waals surface area contributed by atoms with E-state index >= 15 is 0 Å². The van der Waals surface area contributed by atoms with E-state index in [0.29, 0.717) is 23.8 Å². The third-order valence-electron chi connectivity index (χ3n) is 4.48. The zero-order valence-corrected chi connectivity index (χ0v) is 18.3. The third-order valence-corrected chi connectivity index (χ3v) is 4.48. The van der Waals surface area contributed by atoms with E-state index in [-0.39, 0.29) is 0 Å². The Labute approximate surface area is 173 Å². The fourth-order valence-corrected chi connectivity index (χ4v) is 3.13. The Morgan fingerprint density at radius 3 is 2.41 bits per heavy atom. The van der Waals surface area contributed by atoms with Crippen LogP contribution in [0.1, 0.15) is 30.3 Å². The summed E-state index contributed by atoms with van der Waals surface area (Å²) in [5, 5.41) is 11.1. The molecule has 2 rings (SSSR count). The smallest absolute Gasteiger partial charge is 0.203 e. The van der Waals surface area contributed by atoms with Gasteiger partial charge in [-0.3, -0.25) is 4.68 Å². The van der Waals surface area contributed by atoms with E-state index < -0.39 is 0 Å². The lowest BCUT2D eigenvalue weighted by atomic mass is 10.1. The molecule has 0 bridgehead atoms. The quantitative estimate of drug-likeness (QED) is 0.361. The minimum atomic E-state index is 0.455. The zero-order chi connectivity index (χ0) is 21.2. The predicted octanol–water partition coefficient (Wildman–Crippen LogP) is 2.67. The molecule has 0 amide bonds. The molecule has 29 heavy (non-hydrogen) atoms. The van der Waals surface area contributed by atoms with Crippen molar-refractivity contribution in [3.05, 3.63) is 35.2 Å². The van der Waals surface area contributed by atoms with E-state index in [4.69, 9.17) is 14.2 Å². The molecule has 0 aliphatic heterocycles. The first-order valence-corrected chi connectivity index (χ1v) is 9.85. The Morgan fingerprint density at radius 2 is 1.83 bits per heavy atom. The maximum atomic E-state index is 5.54. The summed E-state index contributed by atoms with van der Waals surface area (Å²) in [7, 11) is 4.82. The van der Waals surface area contributed by atoms with Gasteiger partial charge in [-0.25, -0.2) is 4.99 Å². The topological polar surface area (TPSA) is 81.9 Å². The molecule has 0 aliphatic rings. The summed E-state index contributed by atoms with van der Waals surface area (Å²) in [6.07, 6.45) is 0.950. The van der Waals surface area contributed by atoms with Gasteiger partial charge in [-0.15, -0.1) is 0 Å². The van der Waals surface area contributed by atoms with Gasteiger partial charge >= 0.3 is 0 Å². The van der Waals surface area contributed by atoms with E-state index in [0.717, 1.165) is 43.3 Å². The molecule has 2 aromatic rings. The Morgan fingerprint density at radius 1 is 1.07 bits per heavy atom. The monoisotopic (exact) mass is 403 g/mol. The molecule has 0 saturated carbocycles. The largest absolute Gasteiger partial charge is 0.493 e. The van der Waals surface area contributed by atoms with Crippen molar-refractivity contribution in [1.82, 2.24) is 20.4 Å². The van der Waals surface area contributed by atoms with Crippen LogP contribution >= 0.6 is 0 Å². The molecule has 2 N–H and O–H groups in total. The van der Waals surface area contributed by atoms with Crippen molar-refractivity contribution in [1.29, 1.82) is 0 Å². The fraction of sp³-hybridized carbons (Fsp3) is 0.524. The van der Waals surface area contributed by atoms with Crippen LogP contribution in [0.3, 0.4) is 0 Å². The molecule has 1 aromatic heterocycles. The zero-order valence-electron chi connectivity index (χ0n) is 18.3. The lowest BCUT2D eigenvalue weighted by Crippen LogP contribution is -2.38. The lowest BCUT2D eigenvalue weighted by molar-refractivity contribution is 0.322. The van der Waals surface area contributed by atoms with Gasteiger partial charge in [-0.05, 0) is 45.4 Å². The highest BCUT2D eigenvalue weighted by Gasteiger charge is 2.15. The van der Waals surface area contributed by atoms with Crippen LogP contribution < -0.4 is 24.8 Å². The molecular formula is C21H33N5O3. The fourth-order valence-electron chi connectivity index (χ4n) is 3.13. The molecule has 0 unspecified atom stereocenters. The summed E-state index contributed by atoms with van der Waals surface area (Å²) in [4.78, 5) is 4.69. The van der Waals surface area contributed by atoms with Gasteiger partial charge < -0.3 is 24.8 Å². The molecule has 0 aliphatic carbocycles. The van der Waals surface area contributed by atoms with Gasteiger partial charge in [0.2, 0.25) is 5.75 Å². The number of aromatic nitrogens is 2. The van der Waals surface area contributed by atoms with Crippen LogP contribution in [0, 0.1) is 13.8 Å². The maximum absolute atomic E-state index is 5.54. The molecule has 0 atom stereocenters. The number of ether oxygens (including phenoxy) is 3. The van der Waals surface area contributed by atoms with Crippen molar-refractivity contribution < 1.29 is 14.2 Å². The molecule has 8 heteroatoms. The standard InChI is InChI=1S/C21H33N5O3/c1-7-22-21(23-11-8-12-26-16(3)13-15(2)25-26)24-14-17-9-10-18(27-4)20(29-6)19(17)28-5/h9-10,13H,7-8,11-12,14H2,1-6H3,(H2,22,23,24). The SMILES string of the molecule is CCNC(=NCc1ccc(OC)c(OC)c1OC)NCCCn1nc(C)cc1C. The van der Waals surface area contributed by atoms with E-state index in [9.17, 15) is 0 Å². The van der Waals surface area contributed by atoms with Gasteiger partial charge in [0.05, 0.1) is 33.6 Å². The normalized spacial score (nSPS) is 11.3. The third kappa shape index (κ3) is 6.04. The number of aryl methyl sites for hydroxylation is 3. The number of nitrogens with one attached hydrogen (secondary N) is 2. The highest BCUT2D eigenvalue weighted by atomic mass is 16.5. The number of nitrogens with zero attached hydrogens (tertiary/aromatic N) is 3. The second-order valence-electron chi connectivity index (χ2n) is 6.62.